The van der Waals surface area contributed by atoms with Gasteiger partial charge in [0.15, 0.2) is 0 Å². The molecular weight excluding hydrogens is 302 g/mol. The molecular formula is C16H24ClN3O2. The molecule has 0 heterocycles. The molecule has 6 heteroatoms. The number of hydrogen-bond acceptors (Lipinski definition) is 3. The first-order valence-electron chi connectivity index (χ1n) is 7.14. The van der Waals surface area contributed by atoms with Gasteiger partial charge in [0.2, 0.25) is 11.8 Å². The molecule has 0 aliphatic rings. The van der Waals surface area contributed by atoms with Crippen molar-refractivity contribution < 1.29 is 9.59 Å². The third-order valence-corrected chi connectivity index (χ3v) is 3.43. The second-order valence-electron chi connectivity index (χ2n) is 6.31. The van der Waals surface area contributed by atoms with Crippen molar-refractivity contribution in [3.63, 3.8) is 0 Å². The highest BCUT2D eigenvalue weighted by Gasteiger charge is 2.17. The average molecular weight is 326 g/mol. The highest BCUT2D eigenvalue weighted by atomic mass is 35.5. The van der Waals surface area contributed by atoms with E-state index in [4.69, 9.17) is 11.6 Å². The third-order valence-electron chi connectivity index (χ3n) is 3.02. The Morgan fingerprint density at radius 3 is 2.50 bits per heavy atom. The van der Waals surface area contributed by atoms with Gasteiger partial charge < -0.3 is 15.5 Å². The van der Waals surface area contributed by atoms with E-state index in [-0.39, 0.29) is 30.4 Å². The Kier molecular flexibility index (Phi) is 6.23. The van der Waals surface area contributed by atoms with E-state index in [0.717, 1.165) is 11.3 Å². The van der Waals surface area contributed by atoms with E-state index >= 15 is 0 Å². The Morgan fingerprint density at radius 1 is 1.27 bits per heavy atom. The molecule has 0 aliphatic carbocycles. The predicted molar refractivity (Wildman–Crippen MR) is 90.2 cm³/mol. The standard InChI is InChI=1S/C16H24ClN3O2/c1-11-12(17)7-6-8-13(11)18-9-15(22)20(5)10-14(21)19-16(2,3)4/h6-8,18H,9-10H2,1-5H3,(H,19,21). The number of hydrogen-bond donors (Lipinski definition) is 2. The number of benzene rings is 1. The van der Waals surface area contributed by atoms with E-state index in [2.05, 4.69) is 10.6 Å². The minimum atomic E-state index is -0.308. The molecule has 0 aromatic heterocycles. The zero-order chi connectivity index (χ0) is 16.9. The molecule has 0 saturated heterocycles. The number of halogens is 1. The van der Waals surface area contributed by atoms with Gasteiger partial charge in [-0.2, -0.15) is 0 Å². The van der Waals surface area contributed by atoms with Gasteiger partial charge in [-0.1, -0.05) is 17.7 Å². The number of carbonyl (C=O) groups excluding carboxylic acids is 2. The first-order chi connectivity index (χ1) is 10.1. The zero-order valence-electron chi connectivity index (χ0n) is 13.8. The number of nitrogens with one attached hydrogen (secondary N) is 2. The van der Waals surface area contributed by atoms with E-state index in [1.165, 1.54) is 4.90 Å². The fraction of sp³-hybridized carbons (Fsp3) is 0.500. The molecule has 2 amide bonds. The second-order valence-corrected chi connectivity index (χ2v) is 6.72. The average Bonchev–Trinajstić information content (AvgIpc) is 2.37. The molecule has 0 unspecified atom stereocenters. The fourth-order valence-electron chi connectivity index (χ4n) is 1.87. The van der Waals surface area contributed by atoms with Crippen molar-refractivity contribution >= 4 is 29.1 Å². The van der Waals surface area contributed by atoms with Gasteiger partial charge >= 0.3 is 0 Å². The zero-order valence-corrected chi connectivity index (χ0v) is 14.5. The van der Waals surface area contributed by atoms with Gasteiger partial charge in [-0.25, -0.2) is 0 Å². The Bertz CT molecular complexity index is 553. The van der Waals surface area contributed by atoms with Crippen LogP contribution in [0.25, 0.3) is 0 Å². The van der Waals surface area contributed by atoms with Crippen molar-refractivity contribution in [2.24, 2.45) is 0 Å². The maximum atomic E-state index is 12.1. The van der Waals surface area contributed by atoms with Gasteiger partial charge in [0.1, 0.15) is 0 Å². The molecule has 122 valence electrons. The molecule has 22 heavy (non-hydrogen) atoms. The molecule has 0 spiro atoms. The van der Waals surface area contributed by atoms with Crippen LogP contribution >= 0.6 is 11.6 Å². The summed E-state index contributed by atoms with van der Waals surface area (Å²) in [7, 11) is 1.61. The van der Waals surface area contributed by atoms with Crippen LogP contribution in [0.1, 0.15) is 26.3 Å². The molecule has 0 bridgehead atoms. The topological polar surface area (TPSA) is 61.4 Å². The van der Waals surface area contributed by atoms with Crippen LogP contribution in [0.15, 0.2) is 18.2 Å². The summed E-state index contributed by atoms with van der Waals surface area (Å²) in [6.07, 6.45) is 0. The molecule has 1 aromatic rings. The van der Waals surface area contributed by atoms with Crippen LogP contribution in [-0.2, 0) is 9.59 Å². The van der Waals surface area contributed by atoms with Crippen LogP contribution in [0, 0.1) is 6.92 Å². The summed E-state index contributed by atoms with van der Waals surface area (Å²) in [6, 6.07) is 5.48. The lowest BCUT2D eigenvalue weighted by Crippen LogP contribution is -2.47. The number of amides is 2. The van der Waals surface area contributed by atoms with Crippen LogP contribution in [0.5, 0.6) is 0 Å². The van der Waals surface area contributed by atoms with E-state index in [0.29, 0.717) is 5.02 Å². The smallest absolute Gasteiger partial charge is 0.242 e. The Balaban J connectivity index is 2.51. The van der Waals surface area contributed by atoms with Crippen LogP contribution in [0.2, 0.25) is 5.02 Å². The van der Waals surface area contributed by atoms with Crippen molar-refractivity contribution in [3.8, 4) is 0 Å². The minimum absolute atomic E-state index is 0.0340. The van der Waals surface area contributed by atoms with Crippen molar-refractivity contribution in [2.45, 2.75) is 33.2 Å². The van der Waals surface area contributed by atoms with E-state index in [1.54, 1.807) is 13.1 Å². The van der Waals surface area contributed by atoms with E-state index in [9.17, 15) is 9.59 Å². The lowest BCUT2D eigenvalue weighted by Gasteiger charge is -2.23. The van der Waals surface area contributed by atoms with Crippen LogP contribution in [0.3, 0.4) is 0 Å². The van der Waals surface area contributed by atoms with Crippen molar-refractivity contribution in [2.75, 3.05) is 25.5 Å². The highest BCUT2D eigenvalue weighted by Crippen LogP contribution is 2.22. The summed E-state index contributed by atoms with van der Waals surface area (Å²) in [5.74, 6) is -0.342. The molecule has 0 saturated carbocycles. The molecule has 0 radical (unpaired) electrons. The Morgan fingerprint density at radius 2 is 1.91 bits per heavy atom. The number of likely N-dealkylation sites (N-methyl/N-ethyl adjacent to an activating group) is 1. The molecule has 5 nitrogen and oxygen atoms in total. The lowest BCUT2D eigenvalue weighted by atomic mass is 10.1. The lowest BCUT2D eigenvalue weighted by molar-refractivity contribution is -0.133. The minimum Gasteiger partial charge on any atom is -0.376 e. The van der Waals surface area contributed by atoms with E-state index < -0.39 is 0 Å². The van der Waals surface area contributed by atoms with Crippen molar-refractivity contribution in [1.29, 1.82) is 0 Å². The number of rotatable bonds is 5. The molecule has 1 rings (SSSR count). The molecule has 0 atom stereocenters. The van der Waals surface area contributed by atoms with Gasteiger partial charge in [0.25, 0.3) is 0 Å². The van der Waals surface area contributed by atoms with Gasteiger partial charge in [0.05, 0.1) is 13.1 Å². The normalized spacial score (nSPS) is 11.0. The number of carbonyl (C=O) groups is 2. The van der Waals surface area contributed by atoms with E-state index in [1.807, 2.05) is 39.8 Å². The molecule has 0 fully saturated rings. The first-order valence-corrected chi connectivity index (χ1v) is 7.52. The van der Waals surface area contributed by atoms with Crippen LogP contribution < -0.4 is 10.6 Å². The second kappa shape index (κ2) is 7.49. The quantitative estimate of drug-likeness (QED) is 0.874. The Hall–Kier alpha value is -1.75. The van der Waals surface area contributed by atoms with Gasteiger partial charge in [0, 0.05) is 23.3 Å². The summed E-state index contributed by atoms with van der Waals surface area (Å²) < 4.78 is 0. The highest BCUT2D eigenvalue weighted by molar-refractivity contribution is 6.31. The fourth-order valence-corrected chi connectivity index (χ4v) is 2.04. The number of nitrogens with zero attached hydrogens (tertiary/aromatic N) is 1. The van der Waals surface area contributed by atoms with Crippen LogP contribution in [0.4, 0.5) is 5.69 Å². The molecule has 1 aromatic carbocycles. The summed E-state index contributed by atoms with van der Waals surface area (Å²) in [6.45, 7) is 7.73. The third kappa shape index (κ3) is 5.93. The van der Waals surface area contributed by atoms with Crippen molar-refractivity contribution in [1.82, 2.24) is 10.2 Å². The SMILES string of the molecule is Cc1c(Cl)cccc1NCC(=O)N(C)CC(=O)NC(C)(C)C. The summed E-state index contributed by atoms with van der Waals surface area (Å²) in [5.41, 5.74) is 1.40. The molecule has 0 aliphatic heterocycles. The summed E-state index contributed by atoms with van der Waals surface area (Å²) >= 11 is 6.03. The van der Waals surface area contributed by atoms with Crippen LogP contribution in [-0.4, -0.2) is 42.4 Å². The van der Waals surface area contributed by atoms with Gasteiger partial charge in [-0.3, -0.25) is 9.59 Å². The van der Waals surface area contributed by atoms with Gasteiger partial charge in [-0.15, -0.1) is 0 Å². The predicted octanol–water partition coefficient (Wildman–Crippen LogP) is 2.43. The maximum absolute atomic E-state index is 12.1. The monoisotopic (exact) mass is 325 g/mol. The maximum Gasteiger partial charge on any atom is 0.242 e. The summed E-state index contributed by atoms with van der Waals surface area (Å²) in [5, 5.41) is 6.52. The van der Waals surface area contributed by atoms with Crippen molar-refractivity contribution in [3.05, 3.63) is 28.8 Å². The van der Waals surface area contributed by atoms with Gasteiger partial charge in [-0.05, 0) is 45.4 Å². The number of anilines is 1. The summed E-state index contributed by atoms with van der Waals surface area (Å²) in [4.78, 5) is 25.3. The largest absolute Gasteiger partial charge is 0.376 e. The Labute approximate surface area is 137 Å². The molecule has 2 N–H and O–H groups in total. The first kappa shape index (κ1) is 18.3.